The van der Waals surface area contributed by atoms with Gasteiger partial charge in [-0.25, -0.2) is 9.97 Å². The number of nitrogens with zero attached hydrogens (tertiary/aromatic N) is 2. The Morgan fingerprint density at radius 2 is 2.27 bits per heavy atom. The van der Waals surface area contributed by atoms with Crippen molar-refractivity contribution in [1.29, 1.82) is 0 Å². The first-order valence-electron chi connectivity index (χ1n) is 4.74. The Morgan fingerprint density at radius 1 is 1.47 bits per heavy atom. The van der Waals surface area contributed by atoms with Crippen molar-refractivity contribution in [3.8, 4) is 0 Å². The van der Waals surface area contributed by atoms with Gasteiger partial charge in [-0.1, -0.05) is 0 Å². The lowest BCUT2D eigenvalue weighted by Gasteiger charge is -2.30. The first kappa shape index (κ1) is 9.76. The van der Waals surface area contributed by atoms with Crippen LogP contribution in [0.25, 0.3) is 0 Å². The van der Waals surface area contributed by atoms with Crippen LogP contribution in [0.4, 0.5) is 0 Å². The highest BCUT2D eigenvalue weighted by Gasteiger charge is 2.40. The lowest BCUT2D eigenvalue weighted by Crippen LogP contribution is -2.50. The van der Waals surface area contributed by atoms with Gasteiger partial charge < -0.3 is 0 Å². The van der Waals surface area contributed by atoms with Crippen LogP contribution in [0.3, 0.4) is 0 Å². The Morgan fingerprint density at radius 3 is 2.87 bits per heavy atom. The average Bonchev–Trinajstić information content (AvgIpc) is 2.25. The fourth-order valence-electron chi connectivity index (χ4n) is 1.67. The first-order valence-corrected chi connectivity index (χ1v) is 4.74. The molecule has 1 N–H and O–H groups in total. The number of amides is 2. The minimum atomic E-state index is -0.711. The van der Waals surface area contributed by atoms with E-state index >= 15 is 0 Å². The number of nitrogens with one attached hydrogen (secondary N) is 1. The fourth-order valence-corrected chi connectivity index (χ4v) is 1.67. The number of rotatable bonds is 1. The maximum absolute atomic E-state index is 11.7. The predicted octanol–water partition coefficient (Wildman–Crippen LogP) is 0.171. The highest BCUT2D eigenvalue weighted by atomic mass is 16.2. The number of imide groups is 1. The summed E-state index contributed by atoms with van der Waals surface area (Å²) in [6.07, 6.45) is 3.85. The predicted molar refractivity (Wildman–Crippen MR) is 51.8 cm³/mol. The van der Waals surface area contributed by atoms with Crippen molar-refractivity contribution in [1.82, 2.24) is 15.3 Å². The molecule has 5 heteroatoms. The van der Waals surface area contributed by atoms with Crippen LogP contribution < -0.4 is 5.32 Å². The second-order valence-electron chi connectivity index (χ2n) is 3.80. The van der Waals surface area contributed by atoms with E-state index in [1.165, 1.54) is 6.33 Å². The maximum Gasteiger partial charge on any atom is 0.238 e. The highest BCUT2D eigenvalue weighted by molar-refractivity contribution is 6.02. The molecule has 0 radical (unpaired) electrons. The van der Waals surface area contributed by atoms with Crippen LogP contribution >= 0.6 is 0 Å². The van der Waals surface area contributed by atoms with Gasteiger partial charge in [-0.3, -0.25) is 14.9 Å². The molecule has 1 saturated heterocycles. The number of carbonyl (C=O) groups excluding carboxylic acids is 2. The molecule has 5 nitrogen and oxygen atoms in total. The van der Waals surface area contributed by atoms with E-state index in [2.05, 4.69) is 15.3 Å². The summed E-state index contributed by atoms with van der Waals surface area (Å²) in [6, 6.07) is 1.70. The molecule has 2 heterocycles. The largest absolute Gasteiger partial charge is 0.296 e. The molecule has 0 aliphatic carbocycles. The third kappa shape index (κ3) is 1.60. The van der Waals surface area contributed by atoms with Gasteiger partial charge in [0.2, 0.25) is 11.8 Å². The summed E-state index contributed by atoms with van der Waals surface area (Å²) < 4.78 is 0. The van der Waals surface area contributed by atoms with Gasteiger partial charge in [0.15, 0.2) is 0 Å². The Bertz CT molecular complexity index is 404. The molecule has 1 aliphatic heterocycles. The van der Waals surface area contributed by atoms with E-state index in [1.54, 1.807) is 19.2 Å². The summed E-state index contributed by atoms with van der Waals surface area (Å²) in [5.41, 5.74) is -0.0564. The number of hydrogen-bond donors (Lipinski definition) is 1. The second-order valence-corrected chi connectivity index (χ2v) is 3.80. The minimum Gasteiger partial charge on any atom is -0.296 e. The van der Waals surface area contributed by atoms with E-state index in [4.69, 9.17) is 0 Å². The molecule has 2 amide bonds. The van der Waals surface area contributed by atoms with E-state index < -0.39 is 5.41 Å². The smallest absolute Gasteiger partial charge is 0.238 e. The van der Waals surface area contributed by atoms with E-state index in [0.29, 0.717) is 18.5 Å². The van der Waals surface area contributed by atoms with Crippen LogP contribution in [-0.2, 0) is 15.0 Å². The molecular formula is C10H11N3O2. The summed E-state index contributed by atoms with van der Waals surface area (Å²) in [6.45, 7) is 1.79. The van der Waals surface area contributed by atoms with Gasteiger partial charge in [0.1, 0.15) is 6.33 Å². The zero-order valence-electron chi connectivity index (χ0n) is 8.36. The third-order valence-electron chi connectivity index (χ3n) is 2.75. The Kier molecular flexibility index (Phi) is 2.22. The van der Waals surface area contributed by atoms with Crippen molar-refractivity contribution >= 4 is 11.8 Å². The zero-order valence-corrected chi connectivity index (χ0v) is 8.36. The molecule has 1 atom stereocenters. The topological polar surface area (TPSA) is 72.0 Å². The number of piperidine rings is 1. The monoisotopic (exact) mass is 205 g/mol. The number of carbonyl (C=O) groups is 2. The summed E-state index contributed by atoms with van der Waals surface area (Å²) in [5.74, 6) is -0.496. The Labute approximate surface area is 86.9 Å². The van der Waals surface area contributed by atoms with Crippen LogP contribution in [0.15, 0.2) is 18.6 Å². The van der Waals surface area contributed by atoms with Gasteiger partial charge in [-0.15, -0.1) is 0 Å². The van der Waals surface area contributed by atoms with Crippen molar-refractivity contribution in [3.05, 3.63) is 24.3 Å². The van der Waals surface area contributed by atoms with Crippen LogP contribution in [-0.4, -0.2) is 21.8 Å². The van der Waals surface area contributed by atoms with Gasteiger partial charge in [-0.05, 0) is 19.4 Å². The van der Waals surface area contributed by atoms with Crippen molar-refractivity contribution in [2.45, 2.75) is 25.2 Å². The molecule has 15 heavy (non-hydrogen) atoms. The number of hydrogen-bond acceptors (Lipinski definition) is 4. The second kappa shape index (κ2) is 3.42. The molecule has 1 aromatic heterocycles. The molecule has 1 fully saturated rings. The minimum absolute atomic E-state index is 0.216. The van der Waals surface area contributed by atoms with Crippen molar-refractivity contribution in [2.24, 2.45) is 0 Å². The SMILES string of the molecule is CC1(c2ccncn2)CCC(=O)NC1=O. The molecule has 0 spiro atoms. The number of aromatic nitrogens is 2. The van der Waals surface area contributed by atoms with Crippen LogP contribution in [0.2, 0.25) is 0 Å². The first-order chi connectivity index (χ1) is 7.13. The molecule has 78 valence electrons. The van der Waals surface area contributed by atoms with E-state index in [1.807, 2.05) is 0 Å². The summed E-state index contributed by atoms with van der Waals surface area (Å²) in [7, 11) is 0. The fraction of sp³-hybridized carbons (Fsp3) is 0.400. The Hall–Kier alpha value is -1.78. The van der Waals surface area contributed by atoms with Crippen molar-refractivity contribution in [2.75, 3.05) is 0 Å². The maximum atomic E-state index is 11.7. The van der Waals surface area contributed by atoms with E-state index in [9.17, 15) is 9.59 Å². The van der Waals surface area contributed by atoms with Crippen LogP contribution in [0.5, 0.6) is 0 Å². The summed E-state index contributed by atoms with van der Waals surface area (Å²) in [4.78, 5) is 30.6. The van der Waals surface area contributed by atoms with Gasteiger partial charge in [0.05, 0.1) is 11.1 Å². The Balaban J connectivity index is 2.35. The van der Waals surface area contributed by atoms with Gasteiger partial charge in [0.25, 0.3) is 0 Å². The van der Waals surface area contributed by atoms with E-state index in [0.717, 1.165) is 0 Å². The third-order valence-corrected chi connectivity index (χ3v) is 2.75. The highest BCUT2D eigenvalue weighted by Crippen LogP contribution is 2.29. The molecule has 0 saturated carbocycles. The molecule has 2 rings (SSSR count). The molecular weight excluding hydrogens is 194 g/mol. The van der Waals surface area contributed by atoms with Crippen LogP contribution in [0.1, 0.15) is 25.5 Å². The molecule has 1 aliphatic rings. The van der Waals surface area contributed by atoms with Crippen molar-refractivity contribution < 1.29 is 9.59 Å². The summed E-state index contributed by atoms with van der Waals surface area (Å²) >= 11 is 0. The zero-order chi connectivity index (χ0) is 10.9. The average molecular weight is 205 g/mol. The van der Waals surface area contributed by atoms with Gasteiger partial charge in [-0.2, -0.15) is 0 Å². The lowest BCUT2D eigenvalue weighted by molar-refractivity contribution is -0.137. The van der Waals surface area contributed by atoms with Crippen LogP contribution in [0, 0.1) is 0 Å². The van der Waals surface area contributed by atoms with Crippen molar-refractivity contribution in [3.63, 3.8) is 0 Å². The standard InChI is InChI=1S/C10H11N3O2/c1-10(7-3-5-11-6-12-7)4-2-8(14)13-9(10)15/h3,5-6H,2,4H2,1H3,(H,13,14,15). The van der Waals surface area contributed by atoms with E-state index in [-0.39, 0.29) is 11.8 Å². The quantitative estimate of drug-likeness (QED) is 0.663. The summed E-state index contributed by atoms with van der Waals surface area (Å²) in [5, 5.41) is 2.33. The molecule has 1 unspecified atom stereocenters. The molecule has 0 bridgehead atoms. The molecule has 1 aromatic rings. The normalized spacial score (nSPS) is 26.2. The van der Waals surface area contributed by atoms with Gasteiger partial charge in [0, 0.05) is 12.6 Å². The lowest BCUT2D eigenvalue weighted by atomic mass is 9.78. The van der Waals surface area contributed by atoms with Gasteiger partial charge >= 0.3 is 0 Å². The molecule has 0 aromatic carbocycles.